The largest absolute Gasteiger partial charge is 0.496 e. The summed E-state index contributed by atoms with van der Waals surface area (Å²) in [7, 11) is -0.402. The second-order valence-corrected chi connectivity index (χ2v) is 6.23. The van der Waals surface area contributed by atoms with Crippen LogP contribution in [0.15, 0.2) is 12.3 Å². The molecule has 1 aliphatic heterocycles. The van der Waals surface area contributed by atoms with Crippen molar-refractivity contribution in [2.45, 2.75) is 58.8 Å². The molecule has 1 aromatic heterocycles. The number of aromatic nitrogens is 1. The summed E-state index contributed by atoms with van der Waals surface area (Å²) in [6.07, 6.45) is 1.17. The van der Waals surface area contributed by atoms with Gasteiger partial charge in [0.25, 0.3) is 0 Å². The Bertz CT molecular complexity index is 470. The normalized spacial score (nSPS) is 22.6. The zero-order valence-electron chi connectivity index (χ0n) is 12.5. The quantitative estimate of drug-likeness (QED) is 0.826. The van der Waals surface area contributed by atoms with Gasteiger partial charge in [0.2, 0.25) is 0 Å². The van der Waals surface area contributed by atoms with Gasteiger partial charge in [-0.1, -0.05) is 0 Å². The number of hydrogen-bond acceptors (Lipinski definition) is 4. The molecule has 1 aliphatic rings. The fourth-order valence-corrected chi connectivity index (χ4v) is 2.03. The van der Waals surface area contributed by atoms with Gasteiger partial charge in [-0.3, -0.25) is 4.98 Å². The zero-order valence-corrected chi connectivity index (χ0v) is 12.5. The van der Waals surface area contributed by atoms with Gasteiger partial charge in [0.15, 0.2) is 0 Å². The lowest BCUT2D eigenvalue weighted by molar-refractivity contribution is 0.00578. The Labute approximate surface area is 115 Å². The fourth-order valence-electron chi connectivity index (χ4n) is 2.03. The third-order valence-electron chi connectivity index (χ3n) is 4.11. The van der Waals surface area contributed by atoms with Gasteiger partial charge in [-0.15, -0.1) is 0 Å². The van der Waals surface area contributed by atoms with Gasteiger partial charge in [0.05, 0.1) is 23.0 Å². The van der Waals surface area contributed by atoms with E-state index in [1.54, 1.807) is 13.1 Å². The Kier molecular flexibility index (Phi) is 3.50. The van der Waals surface area contributed by atoms with Crippen LogP contribution in [-0.4, -0.2) is 28.4 Å². The molecule has 2 rings (SSSR count). The summed E-state index contributed by atoms with van der Waals surface area (Å²) in [4.78, 5) is 4.27. The van der Waals surface area contributed by atoms with Gasteiger partial charge in [-0.05, 0) is 53.2 Å². The Morgan fingerprint density at radius 3 is 2.16 bits per heavy atom. The summed E-state index contributed by atoms with van der Waals surface area (Å²) < 4.78 is 12.0. The lowest BCUT2D eigenvalue weighted by atomic mass is 9.77. The summed E-state index contributed by atoms with van der Waals surface area (Å²) >= 11 is 0. The summed E-state index contributed by atoms with van der Waals surface area (Å²) in [6.45, 7) is 11.8. The summed E-state index contributed by atoms with van der Waals surface area (Å²) in [5.41, 5.74) is 1.89. The molecule has 0 bridgehead atoms. The molecule has 0 unspecified atom stereocenters. The topological polar surface area (TPSA) is 51.6 Å². The molecule has 5 heteroatoms. The highest BCUT2D eigenvalue weighted by molar-refractivity contribution is 6.62. The molecule has 1 aromatic rings. The average molecular weight is 263 g/mol. The molecule has 1 saturated heterocycles. The molecule has 0 saturated carbocycles. The smallest absolute Gasteiger partial charge is 0.399 e. The van der Waals surface area contributed by atoms with Crippen molar-refractivity contribution in [3.8, 4) is 0 Å². The number of aliphatic hydroxyl groups is 1. The average Bonchev–Trinajstić information content (AvgIpc) is 2.47. The molecule has 0 aliphatic carbocycles. The maximum Gasteiger partial charge on any atom is 0.496 e. The SMILES string of the molecule is Cc1cc([C@H](C)O)ncc1B1OC(C)(C)C(C)(C)O1. The molecule has 1 N–H and O–H groups in total. The third-order valence-corrected chi connectivity index (χ3v) is 4.11. The maximum atomic E-state index is 9.55. The first-order valence-electron chi connectivity index (χ1n) is 6.64. The maximum absolute atomic E-state index is 9.55. The Morgan fingerprint density at radius 2 is 1.74 bits per heavy atom. The zero-order chi connectivity index (χ0) is 14.4. The van der Waals surface area contributed by atoms with Crippen LogP contribution < -0.4 is 5.46 Å². The summed E-state index contributed by atoms with van der Waals surface area (Å²) in [6, 6.07) is 1.88. The van der Waals surface area contributed by atoms with Gasteiger partial charge < -0.3 is 14.4 Å². The first-order valence-corrected chi connectivity index (χ1v) is 6.64. The van der Waals surface area contributed by atoms with Gasteiger partial charge in [-0.2, -0.15) is 0 Å². The first kappa shape index (κ1) is 14.5. The van der Waals surface area contributed by atoms with E-state index in [-0.39, 0.29) is 11.2 Å². The Balaban J connectivity index is 2.30. The number of aliphatic hydroxyl groups excluding tert-OH is 1. The predicted molar refractivity (Wildman–Crippen MR) is 75.3 cm³/mol. The van der Waals surface area contributed by atoms with Crippen molar-refractivity contribution >= 4 is 12.6 Å². The fraction of sp³-hybridized carbons (Fsp3) is 0.643. The molecule has 2 heterocycles. The Hall–Kier alpha value is -0.905. The molecular formula is C14H22BNO3. The van der Waals surface area contributed by atoms with Crippen molar-refractivity contribution in [3.63, 3.8) is 0 Å². The monoisotopic (exact) mass is 263 g/mol. The number of pyridine rings is 1. The van der Waals surface area contributed by atoms with E-state index < -0.39 is 13.2 Å². The highest BCUT2D eigenvalue weighted by atomic mass is 16.7. The van der Waals surface area contributed by atoms with Crippen LogP contribution in [0.5, 0.6) is 0 Å². The van der Waals surface area contributed by atoms with E-state index in [9.17, 15) is 5.11 Å². The molecule has 1 atom stereocenters. The second kappa shape index (κ2) is 4.58. The van der Waals surface area contributed by atoms with E-state index in [2.05, 4.69) is 4.98 Å². The molecule has 104 valence electrons. The van der Waals surface area contributed by atoms with E-state index >= 15 is 0 Å². The minimum absolute atomic E-state index is 0.354. The lowest BCUT2D eigenvalue weighted by Crippen LogP contribution is -2.41. The molecule has 0 amide bonds. The number of nitrogens with zero attached hydrogens (tertiary/aromatic N) is 1. The number of rotatable bonds is 2. The van der Waals surface area contributed by atoms with Crippen molar-refractivity contribution in [2.75, 3.05) is 0 Å². The van der Waals surface area contributed by atoms with Crippen LogP contribution in [0.4, 0.5) is 0 Å². The molecule has 0 aromatic carbocycles. The van der Waals surface area contributed by atoms with Crippen molar-refractivity contribution in [1.29, 1.82) is 0 Å². The molecule has 0 spiro atoms. The van der Waals surface area contributed by atoms with Crippen LogP contribution >= 0.6 is 0 Å². The van der Waals surface area contributed by atoms with Crippen molar-refractivity contribution in [3.05, 3.63) is 23.5 Å². The number of aryl methyl sites for hydroxylation is 1. The molecule has 4 nitrogen and oxygen atoms in total. The second-order valence-electron chi connectivity index (χ2n) is 6.23. The number of hydrogen-bond donors (Lipinski definition) is 1. The summed E-state index contributed by atoms with van der Waals surface area (Å²) in [5.74, 6) is 0. The van der Waals surface area contributed by atoms with Crippen LogP contribution in [0.3, 0.4) is 0 Å². The lowest BCUT2D eigenvalue weighted by Gasteiger charge is -2.32. The Morgan fingerprint density at radius 1 is 1.21 bits per heavy atom. The highest BCUT2D eigenvalue weighted by Gasteiger charge is 2.52. The van der Waals surface area contributed by atoms with Crippen LogP contribution in [0.1, 0.15) is 52.0 Å². The van der Waals surface area contributed by atoms with E-state index in [1.165, 1.54) is 0 Å². The summed E-state index contributed by atoms with van der Waals surface area (Å²) in [5, 5.41) is 9.55. The van der Waals surface area contributed by atoms with E-state index in [0.717, 1.165) is 11.0 Å². The standard InChI is InChI=1S/C14H22BNO3/c1-9-7-12(10(2)17)16-8-11(9)15-18-13(3,4)14(5,6)19-15/h7-8,10,17H,1-6H3/t10-/m0/s1. The van der Waals surface area contributed by atoms with Gasteiger partial charge >= 0.3 is 7.12 Å². The molecule has 19 heavy (non-hydrogen) atoms. The van der Waals surface area contributed by atoms with Crippen molar-refractivity contribution in [2.24, 2.45) is 0 Å². The van der Waals surface area contributed by atoms with Crippen LogP contribution in [-0.2, 0) is 9.31 Å². The van der Waals surface area contributed by atoms with Crippen LogP contribution in [0, 0.1) is 6.92 Å². The van der Waals surface area contributed by atoms with Crippen LogP contribution in [0.25, 0.3) is 0 Å². The van der Waals surface area contributed by atoms with E-state index in [1.807, 2.05) is 40.7 Å². The van der Waals surface area contributed by atoms with Crippen molar-refractivity contribution in [1.82, 2.24) is 4.98 Å². The third kappa shape index (κ3) is 2.55. The van der Waals surface area contributed by atoms with Crippen LogP contribution in [0.2, 0.25) is 0 Å². The first-order chi connectivity index (χ1) is 8.64. The van der Waals surface area contributed by atoms with E-state index in [4.69, 9.17) is 9.31 Å². The van der Waals surface area contributed by atoms with Gasteiger partial charge in [-0.25, -0.2) is 0 Å². The van der Waals surface area contributed by atoms with E-state index in [0.29, 0.717) is 5.69 Å². The minimum atomic E-state index is -0.564. The highest BCUT2D eigenvalue weighted by Crippen LogP contribution is 2.36. The van der Waals surface area contributed by atoms with Crippen molar-refractivity contribution < 1.29 is 14.4 Å². The predicted octanol–water partition coefficient (Wildman–Crippen LogP) is 1.74. The molecule has 0 radical (unpaired) electrons. The minimum Gasteiger partial charge on any atom is -0.399 e. The molecule has 1 fully saturated rings. The van der Waals surface area contributed by atoms with Gasteiger partial charge in [0.1, 0.15) is 0 Å². The molecular weight excluding hydrogens is 241 g/mol. The van der Waals surface area contributed by atoms with Gasteiger partial charge in [0, 0.05) is 11.7 Å².